The van der Waals surface area contributed by atoms with E-state index in [1.165, 1.54) is 11.1 Å². The average molecular weight is 336 g/mol. The van der Waals surface area contributed by atoms with Crippen molar-refractivity contribution in [2.45, 2.75) is 24.0 Å². The molecule has 0 bridgehead atoms. The number of thioether (sulfide) groups is 1. The molecule has 2 unspecified atom stereocenters. The average Bonchev–Trinajstić information content (AvgIpc) is 2.42. The molecule has 0 aromatic heterocycles. The smallest absolute Gasteiger partial charge is 0.0460 e. The Kier molecular flexibility index (Phi) is 5.49. The van der Waals surface area contributed by atoms with Crippen molar-refractivity contribution >= 4 is 27.7 Å². The van der Waals surface area contributed by atoms with Crippen molar-refractivity contribution in [1.29, 1.82) is 0 Å². The molecular weight excluding hydrogens is 318 g/mol. The third-order valence-electron chi connectivity index (χ3n) is 2.96. The summed E-state index contributed by atoms with van der Waals surface area (Å²) in [6.45, 7) is 2.07. The fraction of sp³-hybridized carbons (Fsp3) is 0.250. The number of hydrogen-bond acceptors (Lipinski definition) is 2. The van der Waals surface area contributed by atoms with E-state index >= 15 is 0 Å². The van der Waals surface area contributed by atoms with Crippen LogP contribution in [0.3, 0.4) is 0 Å². The molecule has 1 nitrogen and oxygen atoms in total. The fourth-order valence-electron chi connectivity index (χ4n) is 1.99. The molecule has 0 aliphatic rings. The standard InChI is InChI=1S/C16H18BrNS/c1-12(18)16(14-9-5-6-10-15(14)17)19-11-13-7-3-2-4-8-13/h2-10,12,16H,11,18H2,1H3. The Morgan fingerprint density at radius 1 is 1.05 bits per heavy atom. The lowest BCUT2D eigenvalue weighted by atomic mass is 10.1. The monoisotopic (exact) mass is 335 g/mol. The number of halogens is 1. The molecule has 19 heavy (non-hydrogen) atoms. The minimum absolute atomic E-state index is 0.118. The summed E-state index contributed by atoms with van der Waals surface area (Å²) < 4.78 is 1.14. The van der Waals surface area contributed by atoms with Crippen molar-refractivity contribution in [3.63, 3.8) is 0 Å². The van der Waals surface area contributed by atoms with Crippen LogP contribution in [0.2, 0.25) is 0 Å². The van der Waals surface area contributed by atoms with Crippen LogP contribution in [0.4, 0.5) is 0 Å². The number of hydrogen-bond donors (Lipinski definition) is 1. The van der Waals surface area contributed by atoms with Gasteiger partial charge in [0.15, 0.2) is 0 Å². The Hall–Kier alpha value is -0.770. The van der Waals surface area contributed by atoms with Crippen LogP contribution in [0.1, 0.15) is 23.3 Å². The van der Waals surface area contributed by atoms with Crippen molar-refractivity contribution in [3.05, 3.63) is 70.2 Å². The lowest BCUT2D eigenvalue weighted by molar-refractivity contribution is 0.719. The first-order valence-corrected chi connectivity index (χ1v) is 8.18. The first-order chi connectivity index (χ1) is 9.18. The van der Waals surface area contributed by atoms with Gasteiger partial charge in [0, 0.05) is 21.5 Å². The molecular formula is C16H18BrNS. The summed E-state index contributed by atoms with van der Waals surface area (Å²) in [5, 5.41) is 0.302. The molecule has 0 heterocycles. The van der Waals surface area contributed by atoms with Gasteiger partial charge < -0.3 is 5.73 Å². The summed E-state index contributed by atoms with van der Waals surface area (Å²) in [6.07, 6.45) is 0. The van der Waals surface area contributed by atoms with Crippen LogP contribution in [0.15, 0.2) is 59.1 Å². The molecule has 2 atom stereocenters. The first kappa shape index (κ1) is 14.6. The molecule has 100 valence electrons. The molecule has 0 radical (unpaired) electrons. The summed E-state index contributed by atoms with van der Waals surface area (Å²) in [5.41, 5.74) is 8.77. The van der Waals surface area contributed by atoms with Gasteiger partial charge in [0.05, 0.1) is 0 Å². The molecule has 0 saturated heterocycles. The maximum absolute atomic E-state index is 6.16. The van der Waals surface area contributed by atoms with E-state index in [2.05, 4.69) is 65.3 Å². The van der Waals surface area contributed by atoms with E-state index in [9.17, 15) is 0 Å². The Balaban J connectivity index is 2.12. The molecule has 2 aromatic rings. The molecule has 0 fully saturated rings. The molecule has 0 spiro atoms. The fourth-order valence-corrected chi connectivity index (χ4v) is 3.93. The van der Waals surface area contributed by atoms with Gasteiger partial charge in [0.2, 0.25) is 0 Å². The van der Waals surface area contributed by atoms with Crippen molar-refractivity contribution in [3.8, 4) is 0 Å². The van der Waals surface area contributed by atoms with Crippen LogP contribution in [0.25, 0.3) is 0 Å². The van der Waals surface area contributed by atoms with Gasteiger partial charge in [0.25, 0.3) is 0 Å². The maximum atomic E-state index is 6.16. The highest BCUT2D eigenvalue weighted by Gasteiger charge is 2.18. The molecule has 2 aromatic carbocycles. The van der Waals surface area contributed by atoms with Crippen LogP contribution in [0.5, 0.6) is 0 Å². The SMILES string of the molecule is CC(N)C(SCc1ccccc1)c1ccccc1Br. The molecule has 0 aliphatic heterocycles. The second kappa shape index (κ2) is 7.13. The van der Waals surface area contributed by atoms with Crippen LogP contribution < -0.4 is 5.73 Å². The predicted molar refractivity (Wildman–Crippen MR) is 88.3 cm³/mol. The van der Waals surface area contributed by atoms with E-state index < -0.39 is 0 Å². The van der Waals surface area contributed by atoms with Gasteiger partial charge in [0.1, 0.15) is 0 Å². The van der Waals surface area contributed by atoms with Gasteiger partial charge in [-0.2, -0.15) is 0 Å². The lowest BCUT2D eigenvalue weighted by Gasteiger charge is -2.22. The molecule has 2 rings (SSSR count). The van der Waals surface area contributed by atoms with Gasteiger partial charge in [-0.25, -0.2) is 0 Å². The number of benzene rings is 2. The Morgan fingerprint density at radius 3 is 2.32 bits per heavy atom. The summed E-state index contributed by atoms with van der Waals surface area (Å²) in [5.74, 6) is 0.981. The van der Waals surface area contributed by atoms with Gasteiger partial charge >= 0.3 is 0 Å². The van der Waals surface area contributed by atoms with Crippen molar-refractivity contribution in [2.75, 3.05) is 0 Å². The molecule has 3 heteroatoms. The predicted octanol–water partition coefficient (Wildman–Crippen LogP) is 4.77. The minimum Gasteiger partial charge on any atom is -0.327 e. The lowest BCUT2D eigenvalue weighted by Crippen LogP contribution is -2.23. The van der Waals surface area contributed by atoms with Crippen molar-refractivity contribution < 1.29 is 0 Å². The quantitative estimate of drug-likeness (QED) is 0.851. The van der Waals surface area contributed by atoms with Crippen LogP contribution >= 0.6 is 27.7 Å². The van der Waals surface area contributed by atoms with Gasteiger partial charge in [-0.3, -0.25) is 0 Å². The summed E-state index contributed by atoms with van der Waals surface area (Å²) >= 11 is 5.52. The largest absolute Gasteiger partial charge is 0.327 e. The highest BCUT2D eigenvalue weighted by Crippen LogP contribution is 2.37. The van der Waals surface area contributed by atoms with Crippen LogP contribution in [-0.2, 0) is 5.75 Å². The highest BCUT2D eigenvalue weighted by molar-refractivity contribution is 9.10. The Labute approximate surface area is 127 Å². The zero-order chi connectivity index (χ0) is 13.7. The van der Waals surface area contributed by atoms with E-state index in [0.29, 0.717) is 5.25 Å². The van der Waals surface area contributed by atoms with E-state index in [1.54, 1.807) is 0 Å². The zero-order valence-electron chi connectivity index (χ0n) is 10.9. The Morgan fingerprint density at radius 2 is 1.68 bits per heavy atom. The van der Waals surface area contributed by atoms with Gasteiger partial charge in [-0.1, -0.05) is 64.5 Å². The zero-order valence-corrected chi connectivity index (χ0v) is 13.3. The highest BCUT2D eigenvalue weighted by atomic mass is 79.9. The minimum atomic E-state index is 0.118. The first-order valence-electron chi connectivity index (χ1n) is 6.34. The third kappa shape index (κ3) is 4.10. The third-order valence-corrected chi connectivity index (χ3v) is 5.23. The Bertz CT molecular complexity index is 513. The number of nitrogens with two attached hydrogens (primary N) is 1. The van der Waals surface area contributed by atoms with E-state index in [-0.39, 0.29) is 6.04 Å². The second-order valence-electron chi connectivity index (χ2n) is 4.60. The molecule has 0 amide bonds. The van der Waals surface area contributed by atoms with Crippen molar-refractivity contribution in [2.24, 2.45) is 5.73 Å². The summed E-state index contributed by atoms with van der Waals surface area (Å²) in [7, 11) is 0. The maximum Gasteiger partial charge on any atom is 0.0460 e. The molecule has 2 N–H and O–H groups in total. The van der Waals surface area contributed by atoms with Crippen LogP contribution in [-0.4, -0.2) is 6.04 Å². The van der Waals surface area contributed by atoms with Crippen LogP contribution in [0, 0.1) is 0 Å². The van der Waals surface area contributed by atoms with Crippen molar-refractivity contribution in [1.82, 2.24) is 0 Å². The number of rotatable bonds is 5. The van der Waals surface area contributed by atoms with E-state index in [4.69, 9.17) is 5.73 Å². The summed E-state index contributed by atoms with van der Waals surface area (Å²) in [4.78, 5) is 0. The summed E-state index contributed by atoms with van der Waals surface area (Å²) in [6, 6.07) is 19.0. The van der Waals surface area contributed by atoms with E-state index in [0.717, 1.165) is 10.2 Å². The molecule has 0 saturated carbocycles. The second-order valence-corrected chi connectivity index (χ2v) is 6.58. The molecule has 0 aliphatic carbocycles. The van der Waals surface area contributed by atoms with E-state index in [1.807, 2.05) is 23.9 Å². The van der Waals surface area contributed by atoms with Gasteiger partial charge in [-0.05, 0) is 24.1 Å². The normalized spacial score (nSPS) is 14.1. The topological polar surface area (TPSA) is 26.0 Å². The van der Waals surface area contributed by atoms with Gasteiger partial charge in [-0.15, -0.1) is 11.8 Å².